The molecule has 0 unspecified atom stereocenters. The number of H-pyrrole nitrogens is 1. The first-order valence-electron chi connectivity index (χ1n) is 26.3. The van der Waals surface area contributed by atoms with Gasteiger partial charge in [0.15, 0.2) is 8.32 Å². The Bertz CT molecular complexity index is 3200. The quantitative estimate of drug-likeness (QED) is 0.0479. The van der Waals surface area contributed by atoms with E-state index < -0.39 is 37.7 Å². The van der Waals surface area contributed by atoms with Crippen LogP contribution in [0.25, 0.3) is 21.3 Å². The summed E-state index contributed by atoms with van der Waals surface area (Å²) < 4.78 is 19.0. The van der Waals surface area contributed by atoms with Crippen molar-refractivity contribution >= 4 is 48.5 Å². The van der Waals surface area contributed by atoms with E-state index in [0.717, 1.165) is 53.4 Å². The fourth-order valence-corrected chi connectivity index (χ4v) is 11.5. The molecule has 13 nitrogen and oxygen atoms in total. The van der Waals surface area contributed by atoms with Crippen molar-refractivity contribution in [3.8, 4) is 16.2 Å². The van der Waals surface area contributed by atoms with Gasteiger partial charge in [-0.05, 0) is 141 Å². The van der Waals surface area contributed by atoms with Gasteiger partial charge < -0.3 is 39.3 Å². The minimum Gasteiger partial charge on any atom is -0.506 e. The molecule has 1 aliphatic heterocycles. The zero-order valence-corrected chi connectivity index (χ0v) is 47.2. The third-order valence-corrected chi connectivity index (χ3v) is 20.3. The molecule has 15 heteroatoms. The number of thiophene rings is 1. The van der Waals surface area contributed by atoms with E-state index in [-0.39, 0.29) is 59.9 Å². The van der Waals surface area contributed by atoms with Gasteiger partial charge >= 0.3 is 12.1 Å². The van der Waals surface area contributed by atoms with Gasteiger partial charge in [-0.1, -0.05) is 124 Å². The van der Waals surface area contributed by atoms with Crippen molar-refractivity contribution in [2.75, 3.05) is 26.2 Å². The summed E-state index contributed by atoms with van der Waals surface area (Å²) >= 11 is 1.53. The van der Waals surface area contributed by atoms with Gasteiger partial charge in [-0.2, -0.15) is 0 Å². The number of carbonyl (C=O) groups is 3. The van der Waals surface area contributed by atoms with Crippen molar-refractivity contribution in [3.63, 3.8) is 0 Å². The Kier molecular flexibility index (Phi) is 17.4. The number of pyridine rings is 1. The number of carbonyl (C=O) groups excluding carboxylic acids is 3. The van der Waals surface area contributed by atoms with Crippen molar-refractivity contribution < 1.29 is 38.5 Å². The Morgan fingerprint density at radius 1 is 0.792 bits per heavy atom. The molecule has 404 valence electrons. The van der Waals surface area contributed by atoms with Crippen LogP contribution in [0, 0.1) is 5.92 Å². The molecule has 4 N–H and O–H groups in total. The van der Waals surface area contributed by atoms with E-state index in [1.807, 2.05) is 69.3 Å². The van der Waals surface area contributed by atoms with Gasteiger partial charge in [0, 0.05) is 39.9 Å². The number of hydrogen-bond donors (Lipinski definition) is 4. The van der Waals surface area contributed by atoms with E-state index in [1.165, 1.54) is 29.0 Å². The van der Waals surface area contributed by atoms with Crippen molar-refractivity contribution in [2.24, 2.45) is 5.92 Å². The van der Waals surface area contributed by atoms with Gasteiger partial charge in [-0.3, -0.25) is 14.5 Å². The molecule has 7 aromatic rings. The topological polar surface area (TPSA) is 171 Å². The zero-order chi connectivity index (χ0) is 55.1. The number of esters is 1. The van der Waals surface area contributed by atoms with Crippen LogP contribution in [0.5, 0.6) is 5.75 Å². The van der Waals surface area contributed by atoms with Crippen molar-refractivity contribution in [2.45, 2.75) is 109 Å². The van der Waals surface area contributed by atoms with E-state index in [1.54, 1.807) is 65.6 Å². The van der Waals surface area contributed by atoms with Crippen LogP contribution in [-0.4, -0.2) is 83.1 Å². The van der Waals surface area contributed by atoms with E-state index >= 15 is 0 Å². The summed E-state index contributed by atoms with van der Waals surface area (Å²) in [6.07, 6.45) is 0.603. The van der Waals surface area contributed by atoms with Crippen molar-refractivity contribution in [1.29, 1.82) is 0 Å². The van der Waals surface area contributed by atoms with Crippen LogP contribution in [0.1, 0.15) is 104 Å². The lowest BCUT2D eigenvalue weighted by Crippen LogP contribution is -2.45. The second kappa shape index (κ2) is 23.8. The SMILES string of the molecule is CC(C)(C)OC(=O)N(Cc1ccc(C(=O)NCc2ccc(-c3ccc([C@](O)(C(=O)OCC4CCN(Cc5ccccc5)CC4)c4ccccc4)cc3)s2)cc1)C[C@H](O[Si](C)(C)C(C)(C)C)c1ccc(O)c2[nH]c(=O)ccc12. The highest BCUT2D eigenvalue weighted by atomic mass is 32.1. The molecule has 0 saturated carbocycles. The lowest BCUT2D eigenvalue weighted by molar-refractivity contribution is -0.164. The smallest absolute Gasteiger partial charge is 0.410 e. The number of aromatic hydroxyl groups is 1. The average molecular weight is 1080 g/mol. The molecule has 1 aliphatic rings. The largest absolute Gasteiger partial charge is 0.506 e. The second-order valence-electron chi connectivity index (χ2n) is 22.6. The van der Waals surface area contributed by atoms with Crippen LogP contribution in [0.15, 0.2) is 150 Å². The standard InChI is InChI=1S/C62H72N4O9SSi/c1-60(2,3)74-59(71)66(40-53(75-77(7,8)61(4,5)6)50-28-30-52(67)56-51(50)29-32-55(68)64-56)39-43-19-21-46(22-20-43)57(69)63-37-49-27-31-54(76-49)45-23-25-48(26-24-45)62(72,47-17-13-10-14-18-47)58(70)73-41-44-33-35-65(36-34-44)38-42-15-11-9-12-16-42/h9-32,44,53,67,72H,33-41H2,1-8H3,(H,63,69)(H,64,68)/t53-,62-/m0/s1. The number of likely N-dealkylation sites (tertiary alicyclic amines) is 1. The van der Waals surface area contributed by atoms with E-state index in [9.17, 15) is 29.4 Å². The maximum Gasteiger partial charge on any atom is 0.410 e. The summed E-state index contributed by atoms with van der Waals surface area (Å²) in [6, 6.07) is 44.1. The molecule has 0 bridgehead atoms. The minimum absolute atomic E-state index is 0.0730. The van der Waals surface area contributed by atoms with E-state index in [0.29, 0.717) is 27.6 Å². The predicted octanol–water partition coefficient (Wildman–Crippen LogP) is 12.1. The Labute approximate surface area is 457 Å². The number of nitrogens with one attached hydrogen (secondary N) is 2. The number of nitrogens with zero attached hydrogens (tertiary/aromatic N) is 2. The highest BCUT2D eigenvalue weighted by molar-refractivity contribution is 7.15. The lowest BCUT2D eigenvalue weighted by atomic mass is 9.85. The number of ether oxygens (including phenoxy) is 2. The van der Waals surface area contributed by atoms with Crippen molar-refractivity contribution in [1.82, 2.24) is 20.1 Å². The second-order valence-corrected chi connectivity index (χ2v) is 28.5. The Balaban J connectivity index is 0.910. The predicted molar refractivity (Wildman–Crippen MR) is 306 cm³/mol. The molecule has 0 spiro atoms. The third-order valence-electron chi connectivity index (χ3n) is 14.7. The number of rotatable bonds is 18. The summed E-state index contributed by atoms with van der Waals surface area (Å²) in [5, 5.41) is 26.5. The molecule has 1 saturated heterocycles. The number of amides is 2. The van der Waals surface area contributed by atoms with Crippen LogP contribution < -0.4 is 10.9 Å². The van der Waals surface area contributed by atoms with Gasteiger partial charge in [0.2, 0.25) is 11.2 Å². The molecular formula is C62H72N4O9SSi. The van der Waals surface area contributed by atoms with Crippen LogP contribution in [0.2, 0.25) is 18.1 Å². The Hall–Kier alpha value is -6.88. The molecule has 0 radical (unpaired) electrons. The molecule has 1 fully saturated rings. The first kappa shape index (κ1) is 56.3. The number of aromatic nitrogens is 1. The number of piperidine rings is 1. The monoisotopic (exact) mass is 1080 g/mol. The summed E-state index contributed by atoms with van der Waals surface area (Å²) in [6.45, 7) is 19.6. The fraction of sp³-hybridized carbons (Fsp3) is 0.355. The van der Waals surface area contributed by atoms with Gasteiger partial charge in [-0.15, -0.1) is 11.3 Å². The van der Waals surface area contributed by atoms with Gasteiger partial charge in [0.05, 0.1) is 31.3 Å². The summed E-state index contributed by atoms with van der Waals surface area (Å²) in [5.41, 5.74) is 2.06. The Morgan fingerprint density at radius 3 is 2.09 bits per heavy atom. The maximum atomic E-state index is 14.1. The lowest BCUT2D eigenvalue weighted by Gasteiger charge is -2.41. The Morgan fingerprint density at radius 2 is 1.44 bits per heavy atom. The summed E-state index contributed by atoms with van der Waals surface area (Å²) in [5.74, 6) is -0.832. The first-order valence-corrected chi connectivity index (χ1v) is 30.1. The first-order chi connectivity index (χ1) is 36.6. The normalized spacial score (nSPS) is 14.9. The molecular weight excluding hydrogens is 1000 g/mol. The van der Waals surface area contributed by atoms with Crippen LogP contribution >= 0.6 is 11.3 Å². The molecule has 2 aromatic heterocycles. The molecule has 8 rings (SSSR count). The van der Waals surface area contributed by atoms with Crippen LogP contribution in [0.4, 0.5) is 4.79 Å². The number of aliphatic hydroxyl groups is 1. The van der Waals surface area contributed by atoms with Crippen molar-refractivity contribution in [3.05, 3.63) is 194 Å². The van der Waals surface area contributed by atoms with Gasteiger partial charge in [0.25, 0.3) is 5.91 Å². The molecule has 3 heterocycles. The summed E-state index contributed by atoms with van der Waals surface area (Å²) in [7, 11) is -2.49. The molecule has 2 atom stereocenters. The zero-order valence-electron chi connectivity index (χ0n) is 45.4. The number of phenolic OH excluding ortho intramolecular Hbond substituents is 1. The van der Waals surface area contributed by atoms with E-state index in [4.69, 9.17) is 13.9 Å². The van der Waals surface area contributed by atoms with Gasteiger partial charge in [-0.25, -0.2) is 9.59 Å². The number of benzene rings is 5. The third kappa shape index (κ3) is 14.0. The maximum absolute atomic E-state index is 14.1. The molecule has 2 amide bonds. The average Bonchev–Trinajstić information content (AvgIpc) is 3.92. The summed E-state index contributed by atoms with van der Waals surface area (Å²) in [4.78, 5) is 62.6. The number of aromatic amines is 1. The van der Waals surface area contributed by atoms with Gasteiger partial charge in [0.1, 0.15) is 11.4 Å². The van der Waals surface area contributed by atoms with Crippen LogP contribution in [-0.2, 0) is 43.9 Å². The molecule has 5 aromatic carbocycles. The number of hydrogen-bond acceptors (Lipinski definition) is 11. The highest BCUT2D eigenvalue weighted by Gasteiger charge is 2.43. The number of fused-ring (bicyclic) bond motifs is 1. The van der Waals surface area contributed by atoms with Crippen LogP contribution in [0.3, 0.4) is 0 Å². The molecule has 77 heavy (non-hydrogen) atoms. The number of phenols is 1. The highest BCUT2D eigenvalue weighted by Crippen LogP contribution is 2.42. The fourth-order valence-electron chi connectivity index (χ4n) is 9.29. The minimum atomic E-state index is -2.49. The molecule has 0 aliphatic carbocycles. The van der Waals surface area contributed by atoms with E-state index in [2.05, 4.69) is 73.3 Å².